The molecule has 9 nitrogen and oxygen atoms in total. The Morgan fingerprint density at radius 3 is 2.05 bits per heavy atom. The smallest absolute Gasteiger partial charge is 0.109 e. The molecule has 0 radical (unpaired) electrons. The molecule has 10 atom stereocenters. The Kier molecular flexibility index (Phi) is 5.75. The lowest BCUT2D eigenvalue weighted by Gasteiger charge is -2.45. The highest BCUT2D eigenvalue weighted by Crippen LogP contribution is 2.31. The monoisotopic (exact) mass is 320 g/mol. The van der Waals surface area contributed by atoms with Crippen molar-refractivity contribution in [2.24, 2.45) is 28.9 Å². The molecule has 22 heavy (non-hydrogen) atoms. The Morgan fingerprint density at radius 1 is 0.818 bits per heavy atom. The van der Waals surface area contributed by atoms with Crippen LogP contribution < -0.4 is 22.9 Å². The predicted molar refractivity (Wildman–Crippen MR) is 78.4 cm³/mol. The fourth-order valence-corrected chi connectivity index (χ4v) is 3.44. The lowest BCUT2D eigenvalue weighted by molar-refractivity contribution is -0.185. The van der Waals surface area contributed by atoms with Crippen LogP contribution in [0.25, 0.3) is 0 Å². The van der Waals surface area contributed by atoms with Crippen molar-refractivity contribution in [1.82, 2.24) is 0 Å². The third-order valence-electron chi connectivity index (χ3n) is 4.96. The molecule has 2 aliphatic rings. The number of aliphatic hydroxyl groups is 4. The molecule has 9 heteroatoms. The van der Waals surface area contributed by atoms with Gasteiger partial charge in [-0.25, -0.2) is 0 Å². The van der Waals surface area contributed by atoms with Crippen LogP contribution in [0.15, 0.2) is 0 Å². The normalized spacial score (nSPS) is 53.5. The number of aliphatic hydroxyl groups excluding tert-OH is 4. The first-order valence-corrected chi connectivity index (χ1v) is 7.62. The van der Waals surface area contributed by atoms with Crippen LogP contribution in [0, 0.1) is 5.92 Å². The molecule has 1 heterocycles. The van der Waals surface area contributed by atoms with Gasteiger partial charge in [-0.3, -0.25) is 0 Å². The van der Waals surface area contributed by atoms with Gasteiger partial charge in [0.05, 0.1) is 30.5 Å². The van der Waals surface area contributed by atoms with Gasteiger partial charge in [0.1, 0.15) is 12.2 Å². The van der Waals surface area contributed by atoms with Gasteiger partial charge in [-0.15, -0.1) is 0 Å². The molecule has 2 fully saturated rings. The first-order chi connectivity index (χ1) is 10.3. The van der Waals surface area contributed by atoms with Crippen molar-refractivity contribution in [3.05, 3.63) is 0 Å². The Labute approximate surface area is 129 Å². The largest absolute Gasteiger partial charge is 0.390 e. The highest BCUT2D eigenvalue weighted by Gasteiger charge is 2.46. The second-order valence-corrected chi connectivity index (χ2v) is 6.45. The van der Waals surface area contributed by atoms with Crippen LogP contribution in [0.5, 0.6) is 0 Å². The molecule has 10 unspecified atom stereocenters. The van der Waals surface area contributed by atoms with Gasteiger partial charge < -0.3 is 48.1 Å². The molecule has 0 bridgehead atoms. The number of nitrogens with two attached hydrogens (primary N) is 4. The highest BCUT2D eigenvalue weighted by molar-refractivity contribution is 5.01. The number of hydrogen-bond acceptors (Lipinski definition) is 9. The van der Waals surface area contributed by atoms with E-state index < -0.39 is 60.7 Å². The third-order valence-corrected chi connectivity index (χ3v) is 4.96. The van der Waals surface area contributed by atoms with E-state index in [1.54, 1.807) is 0 Å². The maximum absolute atomic E-state index is 10.2. The Bertz CT molecular complexity index is 374. The molecular formula is C13H28N4O5. The molecule has 130 valence electrons. The molecule has 1 saturated carbocycles. The van der Waals surface area contributed by atoms with Crippen LogP contribution in [0.1, 0.15) is 12.8 Å². The van der Waals surface area contributed by atoms with Crippen LogP contribution in [-0.4, -0.2) is 81.7 Å². The van der Waals surface area contributed by atoms with E-state index in [1.165, 1.54) is 0 Å². The van der Waals surface area contributed by atoms with Gasteiger partial charge in [0.2, 0.25) is 0 Å². The van der Waals surface area contributed by atoms with E-state index in [-0.39, 0.29) is 13.0 Å². The molecule has 1 aliphatic carbocycles. The fourth-order valence-electron chi connectivity index (χ4n) is 3.44. The van der Waals surface area contributed by atoms with Gasteiger partial charge >= 0.3 is 0 Å². The van der Waals surface area contributed by atoms with Crippen molar-refractivity contribution in [2.45, 2.75) is 67.6 Å². The minimum atomic E-state index is -1.17. The molecule has 0 aromatic rings. The van der Waals surface area contributed by atoms with Gasteiger partial charge in [0.25, 0.3) is 0 Å². The van der Waals surface area contributed by atoms with Crippen LogP contribution in [0.3, 0.4) is 0 Å². The zero-order valence-corrected chi connectivity index (χ0v) is 12.4. The topological polar surface area (TPSA) is 194 Å². The zero-order valence-electron chi connectivity index (χ0n) is 12.4. The van der Waals surface area contributed by atoms with Gasteiger partial charge in [0.15, 0.2) is 0 Å². The summed E-state index contributed by atoms with van der Waals surface area (Å²) in [5.41, 5.74) is 23.2. The Hall–Kier alpha value is -0.360. The standard InChI is InChI=1S/C13H28N4O5/c14-3-8-12(20)13(21)9(17)7(22-8)1-4-5(15)2-6(16)11(19)10(4)18/h4-13,18-21H,1-3,14-17H2. The molecule has 2 rings (SSSR count). The Balaban J connectivity index is 2.08. The molecule has 1 saturated heterocycles. The third kappa shape index (κ3) is 3.28. The average Bonchev–Trinajstić information content (AvgIpc) is 2.49. The summed E-state index contributed by atoms with van der Waals surface area (Å²) in [6.07, 6.45) is -5.22. The summed E-state index contributed by atoms with van der Waals surface area (Å²) in [6.45, 7) is 0.0359. The van der Waals surface area contributed by atoms with E-state index in [0.29, 0.717) is 6.42 Å². The maximum atomic E-state index is 10.2. The van der Waals surface area contributed by atoms with Crippen molar-refractivity contribution in [1.29, 1.82) is 0 Å². The zero-order chi connectivity index (χ0) is 16.6. The maximum Gasteiger partial charge on any atom is 0.109 e. The molecule has 0 aromatic heterocycles. The summed E-state index contributed by atoms with van der Waals surface area (Å²) in [5.74, 6) is -0.466. The Morgan fingerprint density at radius 2 is 1.45 bits per heavy atom. The predicted octanol–water partition coefficient (Wildman–Crippen LogP) is -4.45. The lowest BCUT2D eigenvalue weighted by Crippen LogP contribution is -2.65. The fraction of sp³-hybridized carbons (Fsp3) is 1.00. The second-order valence-electron chi connectivity index (χ2n) is 6.45. The second kappa shape index (κ2) is 7.04. The number of hydrogen-bond donors (Lipinski definition) is 8. The molecule has 12 N–H and O–H groups in total. The van der Waals surface area contributed by atoms with Crippen LogP contribution >= 0.6 is 0 Å². The molecule has 0 spiro atoms. The number of rotatable bonds is 3. The van der Waals surface area contributed by atoms with Gasteiger partial charge in [-0.05, 0) is 12.8 Å². The summed E-state index contributed by atoms with van der Waals surface area (Å²) in [4.78, 5) is 0. The van der Waals surface area contributed by atoms with Gasteiger partial charge in [0, 0.05) is 24.5 Å². The number of ether oxygens (including phenoxy) is 1. The lowest BCUT2D eigenvalue weighted by atomic mass is 9.74. The van der Waals surface area contributed by atoms with E-state index in [2.05, 4.69) is 0 Å². The van der Waals surface area contributed by atoms with E-state index in [9.17, 15) is 20.4 Å². The van der Waals surface area contributed by atoms with Crippen molar-refractivity contribution in [3.8, 4) is 0 Å². The van der Waals surface area contributed by atoms with E-state index >= 15 is 0 Å². The molecular weight excluding hydrogens is 292 g/mol. The average molecular weight is 320 g/mol. The quantitative estimate of drug-likeness (QED) is 0.253. The molecule has 0 aromatic carbocycles. The summed E-state index contributed by atoms with van der Waals surface area (Å²) in [5, 5.41) is 39.9. The van der Waals surface area contributed by atoms with Crippen LogP contribution in [0.4, 0.5) is 0 Å². The van der Waals surface area contributed by atoms with Crippen LogP contribution in [-0.2, 0) is 4.74 Å². The molecule has 0 amide bonds. The van der Waals surface area contributed by atoms with E-state index in [0.717, 1.165) is 0 Å². The summed E-state index contributed by atoms with van der Waals surface area (Å²) in [6, 6.07) is -1.82. The minimum Gasteiger partial charge on any atom is -0.390 e. The summed E-state index contributed by atoms with van der Waals surface area (Å²) in [7, 11) is 0. The first kappa shape index (κ1) is 18.0. The van der Waals surface area contributed by atoms with Crippen molar-refractivity contribution in [3.63, 3.8) is 0 Å². The van der Waals surface area contributed by atoms with Crippen LogP contribution in [0.2, 0.25) is 0 Å². The SMILES string of the molecule is NCC1OC(CC2C(N)CC(N)C(O)C2O)C(N)C(O)C1O. The highest BCUT2D eigenvalue weighted by atomic mass is 16.5. The van der Waals surface area contributed by atoms with Crippen molar-refractivity contribution < 1.29 is 25.2 Å². The van der Waals surface area contributed by atoms with Gasteiger partial charge in [-0.2, -0.15) is 0 Å². The van der Waals surface area contributed by atoms with E-state index in [4.69, 9.17) is 27.7 Å². The van der Waals surface area contributed by atoms with Crippen molar-refractivity contribution >= 4 is 0 Å². The minimum absolute atomic E-state index is 0.0359. The van der Waals surface area contributed by atoms with Gasteiger partial charge in [-0.1, -0.05) is 0 Å². The summed E-state index contributed by atoms with van der Waals surface area (Å²) >= 11 is 0. The van der Waals surface area contributed by atoms with E-state index in [1.807, 2.05) is 0 Å². The first-order valence-electron chi connectivity index (χ1n) is 7.62. The summed E-state index contributed by atoms with van der Waals surface area (Å²) < 4.78 is 5.65. The van der Waals surface area contributed by atoms with Crippen molar-refractivity contribution in [2.75, 3.05) is 6.54 Å². The molecule has 1 aliphatic heterocycles.